The van der Waals surface area contributed by atoms with Crippen LogP contribution in [0.5, 0.6) is 0 Å². The standard InChI is InChI=1S/C15H21Cl2NO/c1-2-14(11-5-6-12(16)13(17)9-11)18-10-15(19)7-3-4-8-15/h5-6,9,14,18-19H,2-4,7-8,10H2,1H3. The molecule has 0 aromatic heterocycles. The van der Waals surface area contributed by atoms with E-state index in [1.165, 1.54) is 0 Å². The van der Waals surface area contributed by atoms with Crippen LogP contribution in [-0.4, -0.2) is 17.3 Å². The van der Waals surface area contributed by atoms with E-state index in [4.69, 9.17) is 23.2 Å². The SMILES string of the molecule is CCC(NCC1(O)CCCC1)c1ccc(Cl)c(Cl)c1. The second-order valence-corrected chi connectivity index (χ2v) is 6.26. The van der Waals surface area contributed by atoms with Gasteiger partial charge in [0.1, 0.15) is 0 Å². The number of benzene rings is 1. The lowest BCUT2D eigenvalue weighted by Crippen LogP contribution is -2.39. The van der Waals surface area contributed by atoms with E-state index in [-0.39, 0.29) is 6.04 Å². The molecule has 4 heteroatoms. The van der Waals surface area contributed by atoms with Crippen molar-refractivity contribution in [3.8, 4) is 0 Å². The molecule has 1 unspecified atom stereocenters. The van der Waals surface area contributed by atoms with E-state index in [0.717, 1.165) is 37.7 Å². The Hall–Kier alpha value is -0.280. The molecule has 1 aliphatic carbocycles. The van der Waals surface area contributed by atoms with Crippen LogP contribution in [0, 0.1) is 0 Å². The van der Waals surface area contributed by atoms with Crippen LogP contribution in [0.3, 0.4) is 0 Å². The summed E-state index contributed by atoms with van der Waals surface area (Å²) in [5, 5.41) is 15.0. The molecular weight excluding hydrogens is 281 g/mol. The summed E-state index contributed by atoms with van der Waals surface area (Å²) < 4.78 is 0. The quantitative estimate of drug-likeness (QED) is 0.848. The van der Waals surface area contributed by atoms with Gasteiger partial charge in [0.05, 0.1) is 15.6 Å². The fourth-order valence-corrected chi connectivity index (χ4v) is 3.06. The molecule has 19 heavy (non-hydrogen) atoms. The largest absolute Gasteiger partial charge is 0.389 e. The zero-order chi connectivity index (χ0) is 13.9. The summed E-state index contributed by atoms with van der Waals surface area (Å²) in [6.07, 6.45) is 5.01. The van der Waals surface area contributed by atoms with Crippen molar-refractivity contribution in [3.63, 3.8) is 0 Å². The zero-order valence-electron chi connectivity index (χ0n) is 11.3. The Morgan fingerprint density at radius 1 is 1.26 bits per heavy atom. The molecule has 1 aromatic rings. The molecule has 1 atom stereocenters. The molecule has 0 radical (unpaired) electrons. The minimum Gasteiger partial charge on any atom is -0.389 e. The lowest BCUT2D eigenvalue weighted by Gasteiger charge is -2.26. The van der Waals surface area contributed by atoms with Gasteiger partial charge in [-0.15, -0.1) is 0 Å². The summed E-state index contributed by atoms with van der Waals surface area (Å²) in [4.78, 5) is 0. The number of nitrogens with one attached hydrogen (secondary N) is 1. The van der Waals surface area contributed by atoms with Gasteiger partial charge in [-0.05, 0) is 37.0 Å². The van der Waals surface area contributed by atoms with Crippen molar-refractivity contribution in [1.82, 2.24) is 5.32 Å². The Bertz CT molecular complexity index is 430. The third-order valence-electron chi connectivity index (χ3n) is 3.97. The molecule has 0 spiro atoms. The van der Waals surface area contributed by atoms with Crippen molar-refractivity contribution in [3.05, 3.63) is 33.8 Å². The molecule has 1 saturated carbocycles. The Labute approximate surface area is 125 Å². The van der Waals surface area contributed by atoms with Crippen molar-refractivity contribution in [2.75, 3.05) is 6.54 Å². The molecule has 0 aliphatic heterocycles. The maximum Gasteiger partial charge on any atom is 0.0771 e. The molecule has 1 aromatic carbocycles. The molecule has 2 nitrogen and oxygen atoms in total. The van der Waals surface area contributed by atoms with Gasteiger partial charge in [0.15, 0.2) is 0 Å². The Balaban J connectivity index is 2.01. The number of aliphatic hydroxyl groups is 1. The van der Waals surface area contributed by atoms with Crippen LogP contribution in [0.4, 0.5) is 0 Å². The van der Waals surface area contributed by atoms with Crippen LogP contribution in [0.1, 0.15) is 50.6 Å². The third-order valence-corrected chi connectivity index (χ3v) is 4.71. The number of halogens is 2. The van der Waals surface area contributed by atoms with Crippen molar-refractivity contribution < 1.29 is 5.11 Å². The normalized spacial score (nSPS) is 19.6. The van der Waals surface area contributed by atoms with Gasteiger partial charge in [-0.1, -0.05) is 49.0 Å². The summed E-state index contributed by atoms with van der Waals surface area (Å²) >= 11 is 12.0. The van der Waals surface area contributed by atoms with E-state index in [9.17, 15) is 5.11 Å². The van der Waals surface area contributed by atoms with Crippen LogP contribution in [-0.2, 0) is 0 Å². The monoisotopic (exact) mass is 301 g/mol. The Morgan fingerprint density at radius 2 is 1.95 bits per heavy atom. The maximum absolute atomic E-state index is 10.4. The highest BCUT2D eigenvalue weighted by Crippen LogP contribution is 2.31. The van der Waals surface area contributed by atoms with Gasteiger partial charge in [0, 0.05) is 12.6 Å². The molecule has 2 rings (SSSR count). The van der Waals surface area contributed by atoms with Crippen molar-refractivity contribution in [2.24, 2.45) is 0 Å². The molecule has 0 amide bonds. The van der Waals surface area contributed by atoms with Crippen LogP contribution < -0.4 is 5.32 Å². The summed E-state index contributed by atoms with van der Waals surface area (Å²) in [7, 11) is 0. The molecule has 0 bridgehead atoms. The van der Waals surface area contributed by atoms with Crippen molar-refractivity contribution in [1.29, 1.82) is 0 Å². The molecule has 1 fully saturated rings. The second kappa shape index (κ2) is 6.45. The van der Waals surface area contributed by atoms with Crippen LogP contribution >= 0.6 is 23.2 Å². The summed E-state index contributed by atoms with van der Waals surface area (Å²) in [6.45, 7) is 2.77. The summed E-state index contributed by atoms with van der Waals surface area (Å²) in [6, 6.07) is 5.94. The van der Waals surface area contributed by atoms with E-state index in [0.29, 0.717) is 16.6 Å². The Morgan fingerprint density at radius 3 is 2.53 bits per heavy atom. The minimum absolute atomic E-state index is 0.208. The first-order chi connectivity index (χ1) is 9.04. The highest BCUT2D eigenvalue weighted by atomic mass is 35.5. The number of hydrogen-bond acceptors (Lipinski definition) is 2. The minimum atomic E-state index is -0.524. The first kappa shape index (κ1) is 15.1. The van der Waals surface area contributed by atoms with E-state index >= 15 is 0 Å². The lowest BCUT2D eigenvalue weighted by molar-refractivity contribution is 0.0446. The molecule has 2 N–H and O–H groups in total. The van der Waals surface area contributed by atoms with Crippen LogP contribution in [0.25, 0.3) is 0 Å². The fraction of sp³-hybridized carbons (Fsp3) is 0.600. The predicted octanol–water partition coefficient (Wildman–Crippen LogP) is 4.34. The third kappa shape index (κ3) is 3.85. The van der Waals surface area contributed by atoms with Gasteiger partial charge in [0.25, 0.3) is 0 Å². The smallest absolute Gasteiger partial charge is 0.0771 e. The molecule has 1 aliphatic rings. The highest BCUT2D eigenvalue weighted by Gasteiger charge is 2.31. The maximum atomic E-state index is 10.4. The highest BCUT2D eigenvalue weighted by molar-refractivity contribution is 6.42. The van der Waals surface area contributed by atoms with E-state index in [2.05, 4.69) is 12.2 Å². The van der Waals surface area contributed by atoms with Crippen molar-refractivity contribution >= 4 is 23.2 Å². The second-order valence-electron chi connectivity index (χ2n) is 5.45. The van der Waals surface area contributed by atoms with Gasteiger partial charge in [-0.25, -0.2) is 0 Å². The molecule has 106 valence electrons. The summed E-state index contributed by atoms with van der Waals surface area (Å²) in [5.41, 5.74) is 0.599. The van der Waals surface area contributed by atoms with Crippen molar-refractivity contribution in [2.45, 2.75) is 50.7 Å². The van der Waals surface area contributed by atoms with E-state index in [1.54, 1.807) is 0 Å². The van der Waals surface area contributed by atoms with Gasteiger partial charge >= 0.3 is 0 Å². The average Bonchev–Trinajstić information content (AvgIpc) is 2.81. The predicted molar refractivity (Wildman–Crippen MR) is 80.9 cm³/mol. The first-order valence-corrected chi connectivity index (χ1v) is 7.70. The molecule has 0 saturated heterocycles. The fourth-order valence-electron chi connectivity index (χ4n) is 2.75. The van der Waals surface area contributed by atoms with Crippen LogP contribution in [0.2, 0.25) is 10.0 Å². The molecular formula is C15H21Cl2NO. The van der Waals surface area contributed by atoms with Gasteiger partial charge in [-0.3, -0.25) is 0 Å². The van der Waals surface area contributed by atoms with E-state index in [1.807, 2.05) is 18.2 Å². The van der Waals surface area contributed by atoms with Crippen LogP contribution in [0.15, 0.2) is 18.2 Å². The Kier molecular flexibility index (Phi) is 5.13. The van der Waals surface area contributed by atoms with Gasteiger partial charge in [-0.2, -0.15) is 0 Å². The molecule has 0 heterocycles. The number of hydrogen-bond donors (Lipinski definition) is 2. The first-order valence-electron chi connectivity index (χ1n) is 6.95. The number of rotatable bonds is 5. The average molecular weight is 302 g/mol. The topological polar surface area (TPSA) is 32.3 Å². The summed E-state index contributed by atoms with van der Waals surface area (Å²) in [5.74, 6) is 0. The van der Waals surface area contributed by atoms with Gasteiger partial charge < -0.3 is 10.4 Å². The van der Waals surface area contributed by atoms with E-state index < -0.39 is 5.60 Å². The van der Waals surface area contributed by atoms with Gasteiger partial charge in [0.2, 0.25) is 0 Å². The lowest BCUT2D eigenvalue weighted by atomic mass is 9.99. The zero-order valence-corrected chi connectivity index (χ0v) is 12.8.